The monoisotopic (exact) mass is 281 g/mol. The van der Waals surface area contributed by atoms with E-state index in [-0.39, 0.29) is 0 Å². The maximum Gasteiger partial charge on any atom is 0.106 e. The molecule has 1 aromatic heterocycles. The summed E-state index contributed by atoms with van der Waals surface area (Å²) < 4.78 is 0. The lowest BCUT2D eigenvalue weighted by Crippen LogP contribution is -2.12. The first-order valence-electron chi connectivity index (χ1n) is 6.39. The molecule has 100 valence electrons. The Hall–Kier alpha value is -2.33. The molecule has 0 radical (unpaired) electrons. The molecule has 0 aliphatic rings. The molecule has 3 aromatic rings. The van der Waals surface area contributed by atoms with Crippen molar-refractivity contribution >= 4 is 33.8 Å². The Morgan fingerprint density at radius 3 is 2.80 bits per heavy atom. The van der Waals surface area contributed by atoms with E-state index in [1.54, 1.807) is 0 Å². The smallest absolute Gasteiger partial charge is 0.106 e. The number of aromatic amines is 1. The summed E-state index contributed by atoms with van der Waals surface area (Å²) in [5.74, 6) is 0. The Labute approximate surface area is 122 Å². The third kappa shape index (κ3) is 2.04. The zero-order valence-electron chi connectivity index (χ0n) is 11.1. The molecule has 0 unspecified atom stereocenters. The fraction of sp³-hybridized carbons (Fsp3) is 0.0625. The lowest BCUT2D eigenvalue weighted by molar-refractivity contribution is 1.47. The van der Waals surface area contributed by atoms with E-state index in [2.05, 4.69) is 34.6 Å². The van der Waals surface area contributed by atoms with Crippen LogP contribution in [0.5, 0.6) is 0 Å². The van der Waals surface area contributed by atoms with E-state index in [1.807, 2.05) is 31.4 Å². The highest BCUT2D eigenvalue weighted by Gasteiger charge is 2.09. The minimum Gasteiger partial charge on any atom is -0.389 e. The maximum absolute atomic E-state index is 5.82. The normalized spacial score (nSPS) is 10.7. The van der Waals surface area contributed by atoms with Crippen molar-refractivity contribution in [1.29, 1.82) is 0 Å². The number of rotatable bonds is 3. The fourth-order valence-electron chi connectivity index (χ4n) is 2.47. The Balaban J connectivity index is 2.22. The van der Waals surface area contributed by atoms with E-state index in [0.29, 0.717) is 4.99 Å². The lowest BCUT2D eigenvalue weighted by atomic mass is 9.99. The van der Waals surface area contributed by atoms with Crippen LogP contribution in [0.2, 0.25) is 0 Å². The van der Waals surface area contributed by atoms with Gasteiger partial charge in [0, 0.05) is 35.4 Å². The highest BCUT2D eigenvalue weighted by molar-refractivity contribution is 7.80. The molecule has 0 saturated carbocycles. The molecule has 3 rings (SSSR count). The van der Waals surface area contributed by atoms with E-state index >= 15 is 0 Å². The fourth-order valence-corrected chi connectivity index (χ4v) is 2.64. The molecule has 0 spiro atoms. The van der Waals surface area contributed by atoms with Gasteiger partial charge in [0.05, 0.1) is 0 Å². The summed E-state index contributed by atoms with van der Waals surface area (Å²) in [6, 6.07) is 14.4. The van der Waals surface area contributed by atoms with Crippen LogP contribution >= 0.6 is 12.2 Å². The summed E-state index contributed by atoms with van der Waals surface area (Å²) in [5, 5.41) is 4.31. The first-order chi connectivity index (χ1) is 9.70. The number of fused-ring (bicyclic) bond motifs is 1. The quantitative estimate of drug-likeness (QED) is 0.644. The molecule has 0 fully saturated rings. The molecular formula is C16H15N3S. The molecule has 0 amide bonds. The van der Waals surface area contributed by atoms with Crippen LogP contribution in [0.4, 0.5) is 5.69 Å². The first kappa shape index (κ1) is 12.7. The van der Waals surface area contributed by atoms with Crippen molar-refractivity contribution in [3.8, 4) is 11.1 Å². The van der Waals surface area contributed by atoms with Crippen LogP contribution in [0.3, 0.4) is 0 Å². The van der Waals surface area contributed by atoms with E-state index in [1.165, 1.54) is 10.9 Å². The van der Waals surface area contributed by atoms with Gasteiger partial charge in [-0.1, -0.05) is 30.4 Å². The van der Waals surface area contributed by atoms with Crippen molar-refractivity contribution in [2.24, 2.45) is 5.73 Å². The highest BCUT2D eigenvalue weighted by Crippen LogP contribution is 2.30. The summed E-state index contributed by atoms with van der Waals surface area (Å²) in [6.45, 7) is 0. The zero-order valence-corrected chi connectivity index (χ0v) is 11.9. The van der Waals surface area contributed by atoms with Crippen molar-refractivity contribution in [3.05, 3.63) is 54.2 Å². The number of hydrogen-bond acceptors (Lipinski definition) is 2. The number of anilines is 1. The van der Waals surface area contributed by atoms with Gasteiger partial charge in [-0.2, -0.15) is 0 Å². The number of hydrogen-bond donors (Lipinski definition) is 3. The van der Waals surface area contributed by atoms with Crippen LogP contribution in [-0.4, -0.2) is 17.0 Å². The number of nitrogens with two attached hydrogens (primary N) is 1. The van der Waals surface area contributed by atoms with Gasteiger partial charge in [0.2, 0.25) is 0 Å². The summed E-state index contributed by atoms with van der Waals surface area (Å²) in [7, 11) is 1.86. The van der Waals surface area contributed by atoms with E-state index in [0.717, 1.165) is 22.3 Å². The Bertz CT molecular complexity index is 789. The van der Waals surface area contributed by atoms with E-state index < -0.39 is 0 Å². The Morgan fingerprint density at radius 1 is 1.20 bits per heavy atom. The summed E-state index contributed by atoms with van der Waals surface area (Å²) >= 11 is 5.14. The summed E-state index contributed by atoms with van der Waals surface area (Å²) in [6.07, 6.45) is 1.95. The van der Waals surface area contributed by atoms with Crippen LogP contribution in [0.15, 0.2) is 48.7 Å². The Morgan fingerprint density at radius 2 is 2.05 bits per heavy atom. The average Bonchev–Trinajstić information content (AvgIpc) is 2.94. The van der Waals surface area contributed by atoms with Crippen molar-refractivity contribution in [2.75, 3.05) is 12.4 Å². The van der Waals surface area contributed by atoms with Gasteiger partial charge in [-0.05, 0) is 35.4 Å². The third-order valence-electron chi connectivity index (χ3n) is 3.46. The minimum atomic E-state index is 0.400. The standard InChI is InChI=1S/C16H15N3S/c1-18-14-6-5-10(9-13(14)16(17)20)11-3-2-4-15-12(11)7-8-19-15/h2-9,18-19H,1H3,(H2,17,20). The molecule has 2 aromatic carbocycles. The predicted octanol–water partition coefficient (Wildman–Crippen LogP) is 3.51. The van der Waals surface area contributed by atoms with Crippen LogP contribution in [0.25, 0.3) is 22.0 Å². The second kappa shape index (κ2) is 4.98. The van der Waals surface area contributed by atoms with Crippen molar-refractivity contribution in [2.45, 2.75) is 0 Å². The molecule has 0 atom stereocenters. The number of benzene rings is 2. The van der Waals surface area contributed by atoms with Crippen molar-refractivity contribution < 1.29 is 0 Å². The van der Waals surface area contributed by atoms with Gasteiger partial charge in [-0.25, -0.2) is 0 Å². The van der Waals surface area contributed by atoms with Gasteiger partial charge in [0.25, 0.3) is 0 Å². The van der Waals surface area contributed by atoms with Gasteiger partial charge in [0.1, 0.15) is 4.99 Å². The molecule has 1 heterocycles. The molecule has 4 heteroatoms. The molecular weight excluding hydrogens is 266 g/mol. The Kier molecular flexibility index (Phi) is 3.16. The van der Waals surface area contributed by atoms with Crippen LogP contribution < -0.4 is 11.1 Å². The minimum absolute atomic E-state index is 0.400. The van der Waals surface area contributed by atoms with Crippen molar-refractivity contribution in [1.82, 2.24) is 4.98 Å². The molecule has 20 heavy (non-hydrogen) atoms. The lowest BCUT2D eigenvalue weighted by Gasteiger charge is -2.11. The second-order valence-corrected chi connectivity index (χ2v) is 5.06. The van der Waals surface area contributed by atoms with Gasteiger partial charge in [0.15, 0.2) is 0 Å². The third-order valence-corrected chi connectivity index (χ3v) is 3.68. The number of H-pyrrole nitrogens is 1. The maximum atomic E-state index is 5.82. The topological polar surface area (TPSA) is 53.8 Å². The highest BCUT2D eigenvalue weighted by atomic mass is 32.1. The summed E-state index contributed by atoms with van der Waals surface area (Å²) in [5.41, 5.74) is 11.0. The molecule has 3 nitrogen and oxygen atoms in total. The van der Waals surface area contributed by atoms with E-state index in [4.69, 9.17) is 18.0 Å². The predicted molar refractivity (Wildman–Crippen MR) is 89.2 cm³/mol. The van der Waals surface area contributed by atoms with Gasteiger partial charge < -0.3 is 16.0 Å². The number of nitrogens with one attached hydrogen (secondary N) is 2. The van der Waals surface area contributed by atoms with Gasteiger partial charge >= 0.3 is 0 Å². The molecule has 0 saturated heterocycles. The van der Waals surface area contributed by atoms with E-state index in [9.17, 15) is 0 Å². The van der Waals surface area contributed by atoms with Crippen molar-refractivity contribution in [3.63, 3.8) is 0 Å². The number of thiocarbonyl (C=S) groups is 1. The van der Waals surface area contributed by atoms with Gasteiger partial charge in [-0.3, -0.25) is 0 Å². The molecule has 4 N–H and O–H groups in total. The molecule has 0 aliphatic carbocycles. The largest absolute Gasteiger partial charge is 0.389 e. The molecule has 0 bridgehead atoms. The van der Waals surface area contributed by atoms with Crippen LogP contribution in [-0.2, 0) is 0 Å². The average molecular weight is 281 g/mol. The van der Waals surface area contributed by atoms with Gasteiger partial charge in [-0.15, -0.1) is 0 Å². The second-order valence-electron chi connectivity index (χ2n) is 4.62. The first-order valence-corrected chi connectivity index (χ1v) is 6.79. The van der Waals surface area contributed by atoms with Crippen LogP contribution in [0.1, 0.15) is 5.56 Å². The molecule has 0 aliphatic heterocycles. The van der Waals surface area contributed by atoms with Crippen LogP contribution in [0, 0.1) is 0 Å². The zero-order chi connectivity index (χ0) is 14.1. The SMILES string of the molecule is CNc1ccc(-c2cccc3[nH]ccc23)cc1C(N)=S. The summed E-state index contributed by atoms with van der Waals surface area (Å²) in [4.78, 5) is 3.63. The number of aromatic nitrogens is 1.